The first kappa shape index (κ1) is 10.1. The molecule has 0 fully saturated rings. The molecule has 1 nitrogen and oxygen atoms in total. The van der Waals surface area contributed by atoms with Crippen LogP contribution in [0.4, 0.5) is 4.39 Å². The minimum atomic E-state index is -0.494. The number of alkyl halides is 1. The molecule has 3 heteroatoms. The van der Waals surface area contributed by atoms with E-state index in [0.29, 0.717) is 5.56 Å². The lowest BCUT2D eigenvalue weighted by atomic mass is 10.0. The number of nitrogens with zero attached hydrogens (tertiary/aromatic N) is 1. The van der Waals surface area contributed by atoms with Crippen LogP contribution < -0.4 is 0 Å². The molecule has 0 amide bonds. The van der Waals surface area contributed by atoms with E-state index in [2.05, 4.69) is 4.98 Å². The fourth-order valence-electron chi connectivity index (χ4n) is 1.48. The molecule has 0 bridgehead atoms. The summed E-state index contributed by atoms with van der Waals surface area (Å²) in [7, 11) is 0. The van der Waals surface area contributed by atoms with Crippen LogP contribution in [0.25, 0.3) is 11.1 Å². The number of rotatable bonds is 2. The summed E-state index contributed by atoms with van der Waals surface area (Å²) in [6.07, 6.45) is 1.45. The molecule has 0 atom stereocenters. The van der Waals surface area contributed by atoms with E-state index in [4.69, 9.17) is 11.6 Å². The zero-order chi connectivity index (χ0) is 10.7. The van der Waals surface area contributed by atoms with Crippen LogP contribution in [0.15, 0.2) is 42.6 Å². The van der Waals surface area contributed by atoms with Crippen LogP contribution in [0, 0.1) is 5.95 Å². The second kappa shape index (κ2) is 4.41. The summed E-state index contributed by atoms with van der Waals surface area (Å²) < 4.78 is 13.3. The predicted octanol–water partition coefficient (Wildman–Crippen LogP) is 3.63. The Morgan fingerprint density at radius 2 is 1.87 bits per heavy atom. The quantitative estimate of drug-likeness (QED) is 0.558. The highest BCUT2D eigenvalue weighted by Gasteiger charge is 2.09. The van der Waals surface area contributed by atoms with Gasteiger partial charge in [0.25, 0.3) is 0 Å². The van der Waals surface area contributed by atoms with Gasteiger partial charge < -0.3 is 0 Å². The molecule has 2 rings (SSSR count). The van der Waals surface area contributed by atoms with Gasteiger partial charge in [0.2, 0.25) is 5.95 Å². The highest BCUT2D eigenvalue weighted by Crippen LogP contribution is 2.25. The predicted molar refractivity (Wildman–Crippen MR) is 59.2 cm³/mol. The van der Waals surface area contributed by atoms with Gasteiger partial charge in [-0.1, -0.05) is 30.3 Å². The molecule has 0 N–H and O–H groups in total. The molecule has 0 aliphatic carbocycles. The van der Waals surface area contributed by atoms with Gasteiger partial charge in [-0.05, 0) is 17.2 Å². The van der Waals surface area contributed by atoms with Gasteiger partial charge in [0.05, 0.1) is 5.88 Å². The van der Waals surface area contributed by atoms with Crippen molar-refractivity contribution in [2.75, 3.05) is 0 Å². The van der Waals surface area contributed by atoms with E-state index < -0.39 is 5.95 Å². The third-order valence-electron chi connectivity index (χ3n) is 2.22. The normalized spacial score (nSPS) is 10.3. The van der Waals surface area contributed by atoms with Crippen molar-refractivity contribution in [3.05, 3.63) is 54.1 Å². The zero-order valence-corrected chi connectivity index (χ0v) is 8.71. The van der Waals surface area contributed by atoms with E-state index in [0.717, 1.165) is 11.1 Å². The molecule has 1 aromatic carbocycles. The second-order valence-corrected chi connectivity index (χ2v) is 3.39. The van der Waals surface area contributed by atoms with Crippen molar-refractivity contribution in [2.45, 2.75) is 5.88 Å². The van der Waals surface area contributed by atoms with E-state index in [-0.39, 0.29) is 5.88 Å². The molecule has 1 aromatic heterocycles. The van der Waals surface area contributed by atoms with Gasteiger partial charge in [0, 0.05) is 11.8 Å². The van der Waals surface area contributed by atoms with Gasteiger partial charge in [0.1, 0.15) is 0 Å². The summed E-state index contributed by atoms with van der Waals surface area (Å²) in [4.78, 5) is 3.59. The van der Waals surface area contributed by atoms with Gasteiger partial charge in [-0.25, -0.2) is 4.98 Å². The molecule has 0 aliphatic heterocycles. The number of aromatic nitrogens is 1. The maximum atomic E-state index is 13.3. The van der Waals surface area contributed by atoms with Crippen LogP contribution in [-0.4, -0.2) is 4.98 Å². The lowest BCUT2D eigenvalue weighted by molar-refractivity contribution is 0.574. The molecule has 76 valence electrons. The fraction of sp³-hybridized carbons (Fsp3) is 0.0833. The Morgan fingerprint density at radius 1 is 1.13 bits per heavy atom. The van der Waals surface area contributed by atoms with E-state index in [9.17, 15) is 4.39 Å². The van der Waals surface area contributed by atoms with E-state index in [1.54, 1.807) is 6.07 Å². The fourth-order valence-corrected chi connectivity index (χ4v) is 1.74. The Morgan fingerprint density at radius 3 is 2.53 bits per heavy atom. The summed E-state index contributed by atoms with van der Waals surface area (Å²) in [5.74, 6) is -0.365. The van der Waals surface area contributed by atoms with E-state index >= 15 is 0 Å². The van der Waals surface area contributed by atoms with Crippen LogP contribution in [0.5, 0.6) is 0 Å². The summed E-state index contributed by atoms with van der Waals surface area (Å²) in [5.41, 5.74) is 2.21. The van der Waals surface area contributed by atoms with Crippen LogP contribution in [0.3, 0.4) is 0 Å². The highest BCUT2D eigenvalue weighted by atomic mass is 35.5. The lowest BCUT2D eigenvalue weighted by Gasteiger charge is -2.06. The summed E-state index contributed by atoms with van der Waals surface area (Å²) in [5, 5.41) is 0. The third-order valence-corrected chi connectivity index (χ3v) is 2.49. The van der Waals surface area contributed by atoms with Crippen LogP contribution >= 0.6 is 11.6 Å². The smallest absolute Gasteiger partial charge is 0.217 e. The first-order valence-corrected chi connectivity index (χ1v) is 5.11. The van der Waals surface area contributed by atoms with Crippen molar-refractivity contribution >= 4 is 11.6 Å². The van der Waals surface area contributed by atoms with E-state index in [1.165, 1.54) is 6.20 Å². The minimum Gasteiger partial charge on any atom is -0.228 e. The summed E-state index contributed by atoms with van der Waals surface area (Å²) in [6, 6.07) is 11.4. The largest absolute Gasteiger partial charge is 0.228 e. The lowest BCUT2D eigenvalue weighted by Crippen LogP contribution is -1.94. The molecule has 2 aromatic rings. The van der Waals surface area contributed by atoms with Crippen LogP contribution in [0.2, 0.25) is 0 Å². The molecular weight excluding hydrogens is 213 g/mol. The Balaban J connectivity index is 2.58. The minimum absolute atomic E-state index is 0.129. The molecule has 15 heavy (non-hydrogen) atoms. The Labute approximate surface area is 92.5 Å². The van der Waals surface area contributed by atoms with Gasteiger partial charge in [-0.3, -0.25) is 0 Å². The topological polar surface area (TPSA) is 12.9 Å². The molecule has 0 aliphatic rings. The van der Waals surface area contributed by atoms with Gasteiger partial charge in [-0.2, -0.15) is 4.39 Å². The van der Waals surface area contributed by atoms with Crippen molar-refractivity contribution in [1.82, 2.24) is 4.98 Å². The van der Waals surface area contributed by atoms with Crippen molar-refractivity contribution < 1.29 is 4.39 Å². The first-order valence-electron chi connectivity index (χ1n) is 4.57. The maximum absolute atomic E-state index is 13.3. The van der Waals surface area contributed by atoms with Crippen LogP contribution in [0.1, 0.15) is 5.56 Å². The Bertz CT molecular complexity index is 456. The van der Waals surface area contributed by atoms with Gasteiger partial charge in [-0.15, -0.1) is 11.6 Å². The van der Waals surface area contributed by atoms with E-state index in [1.807, 2.05) is 30.3 Å². The first-order chi connectivity index (χ1) is 7.33. The molecule has 0 saturated carbocycles. The van der Waals surface area contributed by atoms with Crippen molar-refractivity contribution in [2.24, 2.45) is 0 Å². The molecule has 0 unspecified atom stereocenters. The molecule has 0 radical (unpaired) electrons. The highest BCUT2D eigenvalue weighted by molar-refractivity contribution is 6.17. The third kappa shape index (κ3) is 2.00. The average molecular weight is 222 g/mol. The van der Waals surface area contributed by atoms with Gasteiger partial charge >= 0.3 is 0 Å². The SMILES string of the molecule is Fc1nccc(-c2ccccc2)c1CCl. The molecule has 0 saturated heterocycles. The Kier molecular flexibility index (Phi) is 2.97. The second-order valence-electron chi connectivity index (χ2n) is 3.13. The molecular formula is C12H9ClFN. The molecule has 1 heterocycles. The van der Waals surface area contributed by atoms with Crippen molar-refractivity contribution in [1.29, 1.82) is 0 Å². The standard InChI is InChI=1S/C12H9ClFN/c13-8-11-10(6-7-15-12(11)14)9-4-2-1-3-5-9/h1-7H,8H2. The summed E-state index contributed by atoms with van der Waals surface area (Å²) in [6.45, 7) is 0. The number of halogens is 2. The van der Waals surface area contributed by atoms with Crippen molar-refractivity contribution in [3.63, 3.8) is 0 Å². The number of benzene rings is 1. The molecule has 0 spiro atoms. The number of hydrogen-bond donors (Lipinski definition) is 0. The maximum Gasteiger partial charge on any atom is 0.217 e. The van der Waals surface area contributed by atoms with Crippen molar-refractivity contribution in [3.8, 4) is 11.1 Å². The average Bonchev–Trinajstić information content (AvgIpc) is 2.30. The summed E-state index contributed by atoms with van der Waals surface area (Å²) >= 11 is 5.71. The van der Waals surface area contributed by atoms with Crippen LogP contribution in [-0.2, 0) is 5.88 Å². The monoisotopic (exact) mass is 221 g/mol. The Hall–Kier alpha value is -1.41. The number of pyridine rings is 1. The van der Waals surface area contributed by atoms with Gasteiger partial charge in [0.15, 0.2) is 0 Å². The number of hydrogen-bond acceptors (Lipinski definition) is 1. The zero-order valence-electron chi connectivity index (χ0n) is 7.95.